The number of morpholine rings is 1. The quantitative estimate of drug-likeness (QED) is 0.838. The van der Waals surface area contributed by atoms with E-state index in [1.54, 1.807) is 0 Å². The molecule has 88 valence electrons. The van der Waals surface area contributed by atoms with Gasteiger partial charge in [-0.3, -0.25) is 4.90 Å². The molecule has 0 saturated carbocycles. The lowest BCUT2D eigenvalue weighted by Crippen LogP contribution is -2.44. The molecule has 1 fully saturated rings. The van der Waals surface area contributed by atoms with Gasteiger partial charge in [0.1, 0.15) is 0 Å². The zero-order valence-corrected chi connectivity index (χ0v) is 9.67. The summed E-state index contributed by atoms with van der Waals surface area (Å²) < 4.78 is 5.31. The van der Waals surface area contributed by atoms with Gasteiger partial charge in [-0.05, 0) is 12.5 Å². The maximum atomic E-state index is 10.3. The van der Waals surface area contributed by atoms with Gasteiger partial charge in [0.2, 0.25) is 0 Å². The van der Waals surface area contributed by atoms with Gasteiger partial charge in [-0.2, -0.15) is 0 Å². The van der Waals surface area contributed by atoms with Crippen molar-refractivity contribution in [2.45, 2.75) is 19.1 Å². The van der Waals surface area contributed by atoms with Crippen molar-refractivity contribution in [1.82, 2.24) is 4.90 Å². The highest BCUT2D eigenvalue weighted by Gasteiger charge is 2.24. The Bertz CT molecular complexity index is 309. The van der Waals surface area contributed by atoms with E-state index in [0.29, 0.717) is 0 Å². The molecule has 3 nitrogen and oxygen atoms in total. The first kappa shape index (κ1) is 11.6. The molecule has 0 radical (unpaired) electrons. The number of ether oxygens (including phenoxy) is 1. The third-order valence-corrected chi connectivity index (χ3v) is 3.22. The second-order valence-corrected chi connectivity index (χ2v) is 4.24. The van der Waals surface area contributed by atoms with Crippen LogP contribution in [-0.2, 0) is 4.74 Å². The molecule has 0 amide bonds. The highest BCUT2D eigenvalue weighted by atomic mass is 16.5. The van der Waals surface area contributed by atoms with E-state index in [2.05, 4.69) is 11.8 Å². The van der Waals surface area contributed by atoms with Crippen molar-refractivity contribution in [3.8, 4) is 0 Å². The van der Waals surface area contributed by atoms with E-state index in [0.717, 1.165) is 31.9 Å². The number of benzene rings is 1. The molecule has 0 aliphatic carbocycles. The predicted octanol–water partition coefficient (Wildman–Crippen LogP) is 1.44. The summed E-state index contributed by atoms with van der Waals surface area (Å²) in [6.45, 7) is 5.43. The first-order valence-corrected chi connectivity index (χ1v) is 5.84. The Morgan fingerprint density at radius 3 is 2.44 bits per heavy atom. The molecule has 1 unspecified atom stereocenters. The molecule has 1 aromatic carbocycles. The molecule has 0 aromatic heterocycles. The molecule has 0 spiro atoms. The minimum atomic E-state index is -0.417. The van der Waals surface area contributed by atoms with Gasteiger partial charge in [0.25, 0.3) is 0 Å². The van der Waals surface area contributed by atoms with Crippen LogP contribution < -0.4 is 0 Å². The molecule has 0 bridgehead atoms. The first-order chi connectivity index (χ1) is 7.79. The molecule has 1 saturated heterocycles. The van der Waals surface area contributed by atoms with Gasteiger partial charge in [0.15, 0.2) is 0 Å². The van der Waals surface area contributed by atoms with E-state index in [1.165, 1.54) is 0 Å². The van der Waals surface area contributed by atoms with Crippen LogP contribution in [0.5, 0.6) is 0 Å². The molecule has 1 heterocycles. The third kappa shape index (κ3) is 2.61. The van der Waals surface area contributed by atoms with E-state index >= 15 is 0 Å². The van der Waals surface area contributed by atoms with Gasteiger partial charge in [-0.25, -0.2) is 0 Å². The summed E-state index contributed by atoms with van der Waals surface area (Å²) in [7, 11) is 0. The molecule has 1 N–H and O–H groups in total. The number of aliphatic hydroxyl groups is 1. The fourth-order valence-electron chi connectivity index (χ4n) is 2.11. The van der Waals surface area contributed by atoms with Crippen LogP contribution in [0.15, 0.2) is 30.3 Å². The summed E-state index contributed by atoms with van der Waals surface area (Å²) in [5.41, 5.74) is 0.987. The molecular weight excluding hydrogens is 202 g/mol. The smallest absolute Gasteiger partial charge is 0.0942 e. The van der Waals surface area contributed by atoms with Crippen molar-refractivity contribution < 1.29 is 9.84 Å². The van der Waals surface area contributed by atoms with Gasteiger partial charge in [0.05, 0.1) is 19.3 Å². The minimum Gasteiger partial charge on any atom is -0.387 e. The van der Waals surface area contributed by atoms with E-state index in [1.807, 2.05) is 30.3 Å². The molecule has 3 heteroatoms. The Morgan fingerprint density at radius 1 is 1.19 bits per heavy atom. The highest BCUT2D eigenvalue weighted by molar-refractivity contribution is 5.18. The van der Waals surface area contributed by atoms with Gasteiger partial charge >= 0.3 is 0 Å². The lowest BCUT2D eigenvalue weighted by Gasteiger charge is -2.35. The molecule has 1 aliphatic heterocycles. The van der Waals surface area contributed by atoms with Crippen LogP contribution in [0, 0.1) is 0 Å². The van der Waals surface area contributed by atoms with Crippen LogP contribution in [0.2, 0.25) is 0 Å². The average molecular weight is 221 g/mol. The number of hydrogen-bond donors (Lipinski definition) is 1. The van der Waals surface area contributed by atoms with Crippen molar-refractivity contribution >= 4 is 0 Å². The van der Waals surface area contributed by atoms with Gasteiger partial charge in [-0.1, -0.05) is 30.3 Å². The lowest BCUT2D eigenvalue weighted by atomic mass is 10.0. The van der Waals surface area contributed by atoms with Crippen molar-refractivity contribution in [2.75, 3.05) is 26.3 Å². The molecule has 1 aliphatic rings. The Labute approximate surface area is 96.6 Å². The zero-order chi connectivity index (χ0) is 11.4. The number of aliphatic hydroxyl groups excluding tert-OH is 1. The average Bonchev–Trinajstić information content (AvgIpc) is 2.39. The first-order valence-electron chi connectivity index (χ1n) is 5.84. The summed E-state index contributed by atoms with van der Waals surface area (Å²) in [5, 5.41) is 10.3. The van der Waals surface area contributed by atoms with Gasteiger partial charge < -0.3 is 9.84 Å². The van der Waals surface area contributed by atoms with E-state index in [4.69, 9.17) is 4.74 Å². The van der Waals surface area contributed by atoms with E-state index in [9.17, 15) is 5.11 Å². The fraction of sp³-hybridized carbons (Fsp3) is 0.538. The second-order valence-electron chi connectivity index (χ2n) is 4.24. The fourth-order valence-corrected chi connectivity index (χ4v) is 2.11. The molecular formula is C13H19NO2. The summed E-state index contributed by atoms with van der Waals surface area (Å²) in [6, 6.07) is 9.99. The van der Waals surface area contributed by atoms with E-state index < -0.39 is 6.10 Å². The summed E-state index contributed by atoms with van der Waals surface area (Å²) >= 11 is 0. The van der Waals surface area contributed by atoms with Crippen LogP contribution in [0.3, 0.4) is 0 Å². The largest absolute Gasteiger partial charge is 0.387 e. The summed E-state index contributed by atoms with van der Waals surface area (Å²) in [6.07, 6.45) is -0.417. The standard InChI is InChI=1S/C13H19NO2/c1-11(14-7-9-16-10-8-14)13(15)12-5-3-2-4-6-12/h2-6,11,13,15H,7-10H2,1H3/t11-,13?/m1/s1. The summed E-state index contributed by atoms with van der Waals surface area (Å²) in [4.78, 5) is 2.28. The number of hydrogen-bond acceptors (Lipinski definition) is 3. The van der Waals surface area contributed by atoms with Crippen LogP contribution in [0.25, 0.3) is 0 Å². The van der Waals surface area contributed by atoms with Crippen LogP contribution in [-0.4, -0.2) is 42.4 Å². The third-order valence-electron chi connectivity index (χ3n) is 3.22. The Balaban J connectivity index is 2.00. The van der Waals surface area contributed by atoms with Gasteiger partial charge in [-0.15, -0.1) is 0 Å². The Hall–Kier alpha value is -0.900. The number of nitrogens with zero attached hydrogens (tertiary/aromatic N) is 1. The summed E-state index contributed by atoms with van der Waals surface area (Å²) in [5.74, 6) is 0. The maximum Gasteiger partial charge on any atom is 0.0942 e. The zero-order valence-electron chi connectivity index (χ0n) is 9.67. The predicted molar refractivity (Wildman–Crippen MR) is 63.3 cm³/mol. The highest BCUT2D eigenvalue weighted by Crippen LogP contribution is 2.21. The Kier molecular flexibility index (Phi) is 3.93. The van der Waals surface area contributed by atoms with Gasteiger partial charge in [0, 0.05) is 19.1 Å². The van der Waals surface area contributed by atoms with Crippen molar-refractivity contribution in [2.24, 2.45) is 0 Å². The molecule has 1 aromatic rings. The van der Waals surface area contributed by atoms with Crippen LogP contribution >= 0.6 is 0 Å². The topological polar surface area (TPSA) is 32.7 Å². The van der Waals surface area contributed by atoms with Crippen molar-refractivity contribution in [1.29, 1.82) is 0 Å². The van der Waals surface area contributed by atoms with Crippen LogP contribution in [0.1, 0.15) is 18.6 Å². The molecule has 16 heavy (non-hydrogen) atoms. The lowest BCUT2D eigenvalue weighted by molar-refractivity contribution is -0.0166. The van der Waals surface area contributed by atoms with E-state index in [-0.39, 0.29) is 6.04 Å². The Morgan fingerprint density at radius 2 is 1.81 bits per heavy atom. The van der Waals surface area contributed by atoms with Crippen molar-refractivity contribution in [3.05, 3.63) is 35.9 Å². The maximum absolute atomic E-state index is 10.3. The second kappa shape index (κ2) is 5.43. The normalized spacial score (nSPS) is 21.6. The van der Waals surface area contributed by atoms with Crippen molar-refractivity contribution in [3.63, 3.8) is 0 Å². The number of rotatable bonds is 3. The minimum absolute atomic E-state index is 0.145. The molecule has 2 rings (SSSR count). The molecule has 2 atom stereocenters. The van der Waals surface area contributed by atoms with Crippen LogP contribution in [0.4, 0.5) is 0 Å². The monoisotopic (exact) mass is 221 g/mol. The SMILES string of the molecule is C[C@H](C(O)c1ccccc1)N1CCOCC1.